The Morgan fingerprint density at radius 2 is 2.28 bits per heavy atom. The maximum absolute atomic E-state index is 12.2. The number of ether oxygens (including phenoxy) is 1. The zero-order chi connectivity index (χ0) is 17.6. The summed E-state index contributed by atoms with van der Waals surface area (Å²) < 4.78 is 7.82. The van der Waals surface area contributed by atoms with Gasteiger partial charge < -0.3 is 10.1 Å². The first-order chi connectivity index (χ1) is 12.1. The number of nitrogens with one attached hydrogen (secondary N) is 1. The van der Waals surface area contributed by atoms with Crippen molar-refractivity contribution in [3.05, 3.63) is 47.5 Å². The SMILES string of the molecule is Cc1cc(C)n(C[C@@H]2CN(CC(=O)NCc3ccccn3)CCO2)n1. The fourth-order valence-electron chi connectivity index (χ4n) is 3.04. The van der Waals surface area contributed by atoms with E-state index in [-0.39, 0.29) is 12.0 Å². The first kappa shape index (κ1) is 17.6. The van der Waals surface area contributed by atoms with Crippen molar-refractivity contribution in [2.24, 2.45) is 0 Å². The van der Waals surface area contributed by atoms with Gasteiger partial charge in [-0.15, -0.1) is 0 Å². The number of morpholine rings is 1. The van der Waals surface area contributed by atoms with E-state index in [2.05, 4.69) is 26.4 Å². The van der Waals surface area contributed by atoms with E-state index >= 15 is 0 Å². The van der Waals surface area contributed by atoms with Crippen LogP contribution < -0.4 is 5.32 Å². The van der Waals surface area contributed by atoms with E-state index in [0.717, 1.165) is 30.2 Å². The second-order valence-electron chi connectivity index (χ2n) is 6.43. The van der Waals surface area contributed by atoms with E-state index in [1.165, 1.54) is 0 Å². The van der Waals surface area contributed by atoms with Gasteiger partial charge in [0.1, 0.15) is 0 Å². The smallest absolute Gasteiger partial charge is 0.234 e. The molecule has 1 saturated heterocycles. The lowest BCUT2D eigenvalue weighted by atomic mass is 10.2. The minimum atomic E-state index is 0.0115. The molecule has 134 valence electrons. The summed E-state index contributed by atoms with van der Waals surface area (Å²) in [5, 5.41) is 7.41. The molecule has 0 unspecified atom stereocenters. The van der Waals surface area contributed by atoms with Gasteiger partial charge in [0.2, 0.25) is 5.91 Å². The van der Waals surface area contributed by atoms with Crippen molar-refractivity contribution in [2.75, 3.05) is 26.2 Å². The fraction of sp³-hybridized carbons (Fsp3) is 0.500. The van der Waals surface area contributed by atoms with Gasteiger partial charge in [0.25, 0.3) is 0 Å². The van der Waals surface area contributed by atoms with Crippen molar-refractivity contribution in [1.82, 2.24) is 25.0 Å². The maximum atomic E-state index is 12.2. The summed E-state index contributed by atoms with van der Waals surface area (Å²) in [6.07, 6.45) is 1.78. The number of aromatic nitrogens is 3. The van der Waals surface area contributed by atoms with Gasteiger partial charge in [-0.25, -0.2) is 0 Å². The van der Waals surface area contributed by atoms with Crippen molar-refractivity contribution < 1.29 is 9.53 Å². The molecule has 2 aromatic rings. The lowest BCUT2D eigenvalue weighted by molar-refractivity contribution is -0.124. The maximum Gasteiger partial charge on any atom is 0.234 e. The lowest BCUT2D eigenvalue weighted by Gasteiger charge is -2.32. The number of pyridine rings is 1. The molecule has 0 spiro atoms. The molecule has 2 aromatic heterocycles. The van der Waals surface area contributed by atoms with Crippen molar-refractivity contribution in [3.8, 4) is 0 Å². The Morgan fingerprint density at radius 1 is 1.40 bits per heavy atom. The molecule has 1 fully saturated rings. The third-order valence-electron chi connectivity index (χ3n) is 4.26. The lowest BCUT2D eigenvalue weighted by Crippen LogP contribution is -2.48. The van der Waals surface area contributed by atoms with Crippen LogP contribution in [0.3, 0.4) is 0 Å². The average molecular weight is 343 g/mol. The van der Waals surface area contributed by atoms with Gasteiger partial charge >= 0.3 is 0 Å². The van der Waals surface area contributed by atoms with Gasteiger partial charge in [0, 0.05) is 25.0 Å². The molecule has 0 bridgehead atoms. The van der Waals surface area contributed by atoms with Gasteiger partial charge in [-0.05, 0) is 32.0 Å². The van der Waals surface area contributed by atoms with Crippen molar-refractivity contribution in [1.29, 1.82) is 0 Å². The van der Waals surface area contributed by atoms with Gasteiger partial charge in [-0.3, -0.25) is 19.4 Å². The highest BCUT2D eigenvalue weighted by Gasteiger charge is 2.23. The molecule has 0 aliphatic carbocycles. The summed E-state index contributed by atoms with van der Waals surface area (Å²) in [6, 6.07) is 7.74. The van der Waals surface area contributed by atoms with Crippen molar-refractivity contribution in [3.63, 3.8) is 0 Å². The Morgan fingerprint density at radius 3 is 3.00 bits per heavy atom. The second-order valence-corrected chi connectivity index (χ2v) is 6.43. The molecule has 3 rings (SSSR count). The van der Waals surface area contributed by atoms with E-state index < -0.39 is 0 Å². The topological polar surface area (TPSA) is 72.3 Å². The molecule has 1 aliphatic rings. The van der Waals surface area contributed by atoms with Crippen molar-refractivity contribution >= 4 is 5.91 Å². The number of aryl methyl sites for hydroxylation is 2. The third-order valence-corrected chi connectivity index (χ3v) is 4.26. The summed E-state index contributed by atoms with van der Waals surface area (Å²) in [6.45, 7) is 7.72. The Labute approximate surface area is 148 Å². The highest BCUT2D eigenvalue weighted by molar-refractivity contribution is 5.77. The van der Waals surface area contributed by atoms with E-state index in [4.69, 9.17) is 4.74 Å². The van der Waals surface area contributed by atoms with Crippen LogP contribution in [-0.4, -0.2) is 57.9 Å². The van der Waals surface area contributed by atoms with E-state index in [1.807, 2.05) is 36.7 Å². The van der Waals surface area contributed by atoms with Crippen LogP contribution in [0.2, 0.25) is 0 Å². The molecular formula is C18H25N5O2. The molecule has 3 heterocycles. The van der Waals surface area contributed by atoms with Crippen LogP contribution in [0.4, 0.5) is 0 Å². The summed E-state index contributed by atoms with van der Waals surface area (Å²) in [7, 11) is 0. The van der Waals surface area contributed by atoms with Gasteiger partial charge in [-0.2, -0.15) is 5.10 Å². The largest absolute Gasteiger partial charge is 0.374 e. The van der Waals surface area contributed by atoms with Gasteiger partial charge in [-0.1, -0.05) is 6.07 Å². The summed E-state index contributed by atoms with van der Waals surface area (Å²) in [4.78, 5) is 18.5. The van der Waals surface area contributed by atoms with Gasteiger partial charge in [0.05, 0.1) is 43.7 Å². The highest BCUT2D eigenvalue weighted by Crippen LogP contribution is 2.10. The Bertz CT molecular complexity index is 701. The van der Waals surface area contributed by atoms with Crippen LogP contribution in [0.5, 0.6) is 0 Å². The monoisotopic (exact) mass is 343 g/mol. The highest BCUT2D eigenvalue weighted by atomic mass is 16.5. The molecule has 7 heteroatoms. The number of hydrogen-bond acceptors (Lipinski definition) is 5. The minimum absolute atomic E-state index is 0.0115. The predicted octanol–water partition coefficient (Wildman–Crippen LogP) is 0.912. The number of amides is 1. The zero-order valence-electron chi connectivity index (χ0n) is 14.8. The quantitative estimate of drug-likeness (QED) is 0.844. The summed E-state index contributed by atoms with van der Waals surface area (Å²) >= 11 is 0. The number of rotatable bonds is 6. The number of carbonyl (C=O) groups is 1. The number of hydrogen-bond donors (Lipinski definition) is 1. The number of carbonyl (C=O) groups excluding carboxylic acids is 1. The van der Waals surface area contributed by atoms with E-state index in [1.54, 1.807) is 6.20 Å². The second kappa shape index (κ2) is 8.22. The van der Waals surface area contributed by atoms with Crippen LogP contribution in [-0.2, 0) is 22.6 Å². The number of nitrogens with zero attached hydrogens (tertiary/aromatic N) is 4. The predicted molar refractivity (Wildman–Crippen MR) is 94.0 cm³/mol. The average Bonchev–Trinajstić information content (AvgIpc) is 2.91. The Hall–Kier alpha value is -2.25. The Kier molecular flexibility index (Phi) is 5.78. The minimum Gasteiger partial charge on any atom is -0.374 e. The van der Waals surface area contributed by atoms with Gasteiger partial charge in [0.15, 0.2) is 0 Å². The molecule has 25 heavy (non-hydrogen) atoms. The van der Waals surface area contributed by atoms with Crippen LogP contribution in [0.25, 0.3) is 0 Å². The molecular weight excluding hydrogens is 318 g/mol. The first-order valence-corrected chi connectivity index (χ1v) is 8.62. The molecule has 0 aromatic carbocycles. The van der Waals surface area contributed by atoms with Crippen molar-refractivity contribution in [2.45, 2.75) is 33.0 Å². The fourth-order valence-corrected chi connectivity index (χ4v) is 3.04. The normalized spacial score (nSPS) is 18.2. The molecule has 0 radical (unpaired) electrons. The van der Waals surface area contributed by atoms with E-state index in [0.29, 0.717) is 26.2 Å². The Balaban J connectivity index is 1.46. The van der Waals surface area contributed by atoms with Crippen LogP contribution >= 0.6 is 0 Å². The molecule has 7 nitrogen and oxygen atoms in total. The molecule has 1 amide bonds. The molecule has 1 atom stereocenters. The van der Waals surface area contributed by atoms with E-state index in [9.17, 15) is 4.79 Å². The molecule has 1 aliphatic heterocycles. The third kappa shape index (κ3) is 5.11. The standard InChI is InChI=1S/C18H25N5O2/c1-14-9-15(2)23(21-14)12-17-11-22(7-8-25-17)13-18(24)20-10-16-5-3-4-6-19-16/h3-6,9,17H,7-8,10-13H2,1-2H3,(H,20,24)/t17-/m0/s1. The molecule has 0 saturated carbocycles. The van der Waals surface area contributed by atoms with Crippen LogP contribution in [0.1, 0.15) is 17.1 Å². The zero-order valence-corrected chi connectivity index (χ0v) is 14.8. The van der Waals surface area contributed by atoms with Crippen LogP contribution in [0.15, 0.2) is 30.5 Å². The summed E-state index contributed by atoms with van der Waals surface area (Å²) in [5.41, 5.74) is 3.01. The first-order valence-electron chi connectivity index (χ1n) is 8.62. The van der Waals surface area contributed by atoms with Crippen LogP contribution in [0, 0.1) is 13.8 Å². The summed E-state index contributed by atoms with van der Waals surface area (Å²) in [5.74, 6) is 0.0115. The molecule has 1 N–H and O–H groups in total.